The summed E-state index contributed by atoms with van der Waals surface area (Å²) in [5, 5.41) is 5.50. The summed E-state index contributed by atoms with van der Waals surface area (Å²) in [4.78, 5) is 68.3. The molecule has 60 heavy (non-hydrogen) atoms. The summed E-state index contributed by atoms with van der Waals surface area (Å²) >= 11 is 0. The minimum absolute atomic E-state index is 0.0194. The third-order valence-corrected chi connectivity index (χ3v) is 11.5. The van der Waals surface area contributed by atoms with E-state index in [0.29, 0.717) is 78.2 Å². The van der Waals surface area contributed by atoms with Crippen LogP contribution in [0, 0.1) is 0 Å². The molecule has 1 aromatic heterocycles. The molecule has 1 saturated heterocycles. The van der Waals surface area contributed by atoms with Crippen LogP contribution in [-0.2, 0) is 51.8 Å². The number of hydrogen-bond donors (Lipinski definition) is 3. The lowest BCUT2D eigenvalue weighted by Crippen LogP contribution is -2.52. The van der Waals surface area contributed by atoms with E-state index in [-0.39, 0.29) is 44.4 Å². The Labute approximate surface area is 352 Å². The van der Waals surface area contributed by atoms with Gasteiger partial charge in [0.1, 0.15) is 17.5 Å². The molecule has 0 bridgehead atoms. The maximum absolute atomic E-state index is 17.0. The number of hydroxylamine groups is 2. The second kappa shape index (κ2) is 21.0. The number of aromatic nitrogens is 1. The number of imide groups is 1. The minimum Gasteiger partial charge on any atom is -0.394 e. The molecule has 3 N–H and O–H groups in total. The van der Waals surface area contributed by atoms with E-state index in [1.54, 1.807) is 13.1 Å². The van der Waals surface area contributed by atoms with Gasteiger partial charge in [0.2, 0.25) is 11.8 Å². The Morgan fingerprint density at radius 2 is 1.65 bits per heavy atom. The SMILES string of the molecule is CCCC1=CC(CCC(=O)NC(CS(=O)(=O)O)C(=O)NCCN(C)CCCCCC(=O)ON2C(=O)CCC2=O)=[N+]2C1=Cc1c(CCC)cc(CCC[N+](C)(C)C)n1[B-]2(F)F. The average molecular weight is 867 g/mol. The van der Waals surface area contributed by atoms with Crippen LogP contribution in [0.2, 0.25) is 0 Å². The molecule has 1 fully saturated rings. The first-order valence-corrected chi connectivity index (χ1v) is 22.7. The van der Waals surface area contributed by atoms with Crippen LogP contribution in [0.15, 0.2) is 23.4 Å². The van der Waals surface area contributed by atoms with Crippen molar-refractivity contribution in [3.63, 3.8) is 0 Å². The molecule has 0 spiro atoms. The maximum atomic E-state index is 17.0. The summed E-state index contributed by atoms with van der Waals surface area (Å²) in [6.45, 7) is 1.50. The molecule has 0 aliphatic carbocycles. The number of carbonyl (C=O) groups is 5. The first-order valence-electron chi connectivity index (χ1n) is 21.1. The molecular weight excluding hydrogens is 803 g/mol. The molecular formula is C40H63BF2N7O9S+. The van der Waals surface area contributed by atoms with Crippen LogP contribution in [0.4, 0.5) is 8.63 Å². The number of fused-ring (bicyclic) bond motifs is 2. The fourth-order valence-corrected chi connectivity index (χ4v) is 8.47. The number of carbonyl (C=O) groups excluding carboxylic acids is 5. The Hall–Kier alpha value is -4.27. The van der Waals surface area contributed by atoms with Crippen molar-refractivity contribution in [2.24, 2.45) is 0 Å². The number of rotatable bonds is 25. The normalized spacial score (nSPS) is 16.8. The highest BCUT2D eigenvalue weighted by Crippen LogP contribution is 2.39. The summed E-state index contributed by atoms with van der Waals surface area (Å²) in [6.07, 6.45) is 8.96. The lowest BCUT2D eigenvalue weighted by Gasteiger charge is -2.32. The van der Waals surface area contributed by atoms with Crippen LogP contribution in [0.5, 0.6) is 0 Å². The molecule has 0 radical (unpaired) electrons. The number of nitrogens with zero attached hydrogens (tertiary/aromatic N) is 5. The highest BCUT2D eigenvalue weighted by atomic mass is 32.2. The molecule has 4 rings (SSSR count). The maximum Gasteiger partial charge on any atom is 0.737 e. The van der Waals surface area contributed by atoms with E-state index < -0.39 is 58.5 Å². The number of likely N-dealkylation sites (N-methyl/N-ethyl adjacent to an activating group) is 1. The molecule has 16 nitrogen and oxygen atoms in total. The topological polar surface area (TPSA) is 187 Å². The van der Waals surface area contributed by atoms with Crippen LogP contribution >= 0.6 is 0 Å². The zero-order valence-electron chi connectivity index (χ0n) is 35.9. The first-order chi connectivity index (χ1) is 28.1. The van der Waals surface area contributed by atoms with Gasteiger partial charge in [0.05, 0.1) is 27.7 Å². The Kier molecular flexibility index (Phi) is 16.9. The van der Waals surface area contributed by atoms with Crippen molar-refractivity contribution < 1.29 is 59.4 Å². The van der Waals surface area contributed by atoms with Gasteiger partial charge in [0.15, 0.2) is 5.70 Å². The number of halogens is 2. The Bertz CT molecular complexity index is 1980. The van der Waals surface area contributed by atoms with Gasteiger partial charge in [-0.15, -0.1) is 5.06 Å². The predicted octanol–water partition coefficient (Wildman–Crippen LogP) is 3.22. The molecule has 4 amide bonds. The standard InChI is InChI=1S/C40H62BF2N7O9S/c1-7-13-29-25-31(15-12-24-50(4,5)6)47-34(29)27-35-30(14-8-2)26-32(48(35)41(47,42)43)17-18-36(51)45-33(28-60(56,57)58)40(55)44-21-23-46(3)22-11-9-10-16-39(54)59-49-37(52)19-20-38(49)53/h25-27,33H,7-24,28H2,1-6H3,(H2-,44,45,51,55,56,57,58)/p+1. The van der Waals surface area contributed by atoms with Crippen molar-refractivity contribution in [2.45, 2.75) is 110 Å². The van der Waals surface area contributed by atoms with E-state index in [0.717, 1.165) is 41.4 Å². The van der Waals surface area contributed by atoms with Crippen molar-refractivity contribution in [2.75, 3.05) is 60.1 Å². The number of aryl methyl sites for hydroxylation is 2. The van der Waals surface area contributed by atoms with Gasteiger partial charge in [-0.25, -0.2) is 4.79 Å². The van der Waals surface area contributed by atoms with Crippen molar-refractivity contribution >= 4 is 58.5 Å². The van der Waals surface area contributed by atoms with E-state index in [2.05, 4.69) is 31.8 Å². The quantitative estimate of drug-likeness (QED) is 0.0433. The van der Waals surface area contributed by atoms with Crippen LogP contribution in [0.1, 0.15) is 108 Å². The van der Waals surface area contributed by atoms with Gasteiger partial charge >= 0.3 is 12.9 Å². The zero-order chi connectivity index (χ0) is 44.4. The second-order valence-corrected chi connectivity index (χ2v) is 18.5. The van der Waals surface area contributed by atoms with Crippen molar-refractivity contribution in [1.82, 2.24) is 25.1 Å². The van der Waals surface area contributed by atoms with Crippen LogP contribution < -0.4 is 10.6 Å². The largest absolute Gasteiger partial charge is 0.737 e. The number of quaternary nitrogens is 1. The molecule has 4 heterocycles. The van der Waals surface area contributed by atoms with Gasteiger partial charge in [-0.1, -0.05) is 33.1 Å². The highest BCUT2D eigenvalue weighted by molar-refractivity contribution is 7.85. The molecule has 3 aliphatic heterocycles. The van der Waals surface area contributed by atoms with Gasteiger partial charge in [-0.2, -0.15) is 8.42 Å². The lowest BCUT2D eigenvalue weighted by atomic mass is 9.88. The van der Waals surface area contributed by atoms with Gasteiger partial charge in [-0.3, -0.25) is 23.7 Å². The molecule has 3 aliphatic rings. The third-order valence-electron chi connectivity index (χ3n) is 10.7. The Balaban J connectivity index is 1.35. The van der Waals surface area contributed by atoms with Gasteiger partial charge in [0.25, 0.3) is 21.9 Å². The van der Waals surface area contributed by atoms with E-state index in [1.165, 1.54) is 4.48 Å². The van der Waals surface area contributed by atoms with Crippen molar-refractivity contribution in [3.05, 3.63) is 40.4 Å². The smallest absolute Gasteiger partial charge is 0.394 e. The van der Waals surface area contributed by atoms with Crippen LogP contribution in [0.3, 0.4) is 0 Å². The number of nitrogens with one attached hydrogen (secondary N) is 2. The van der Waals surface area contributed by atoms with Crippen LogP contribution in [-0.4, -0.2) is 145 Å². The van der Waals surface area contributed by atoms with E-state index in [4.69, 9.17) is 4.84 Å². The van der Waals surface area contributed by atoms with Crippen molar-refractivity contribution in [3.8, 4) is 0 Å². The van der Waals surface area contributed by atoms with Gasteiger partial charge in [-0.05, 0) is 63.0 Å². The molecule has 0 saturated carbocycles. The minimum atomic E-state index is -4.70. The second-order valence-electron chi connectivity index (χ2n) is 17.0. The van der Waals surface area contributed by atoms with Crippen LogP contribution in [0.25, 0.3) is 6.08 Å². The third kappa shape index (κ3) is 13.4. The van der Waals surface area contributed by atoms with Gasteiger partial charge < -0.3 is 42.5 Å². The predicted molar refractivity (Wildman–Crippen MR) is 223 cm³/mol. The summed E-state index contributed by atoms with van der Waals surface area (Å²) in [5.41, 5.74) is 3.40. The molecule has 20 heteroatoms. The van der Waals surface area contributed by atoms with Gasteiger partial charge in [0, 0.05) is 75.0 Å². The molecule has 1 aromatic rings. The summed E-state index contributed by atoms with van der Waals surface area (Å²) in [5.74, 6) is -4.40. The number of amides is 4. The monoisotopic (exact) mass is 866 g/mol. The van der Waals surface area contributed by atoms with E-state index >= 15 is 8.63 Å². The number of allylic oxidation sites excluding steroid dienone is 2. The number of unbranched alkanes of at least 4 members (excludes halogenated alkanes) is 2. The average Bonchev–Trinajstić information content (AvgIpc) is 3.79. The zero-order valence-corrected chi connectivity index (χ0v) is 36.8. The molecule has 1 atom stereocenters. The fourth-order valence-electron chi connectivity index (χ4n) is 7.81. The fraction of sp³-hybridized carbons (Fsp3) is 0.650. The summed E-state index contributed by atoms with van der Waals surface area (Å²) in [6, 6.07) is 0.281. The Morgan fingerprint density at radius 3 is 2.28 bits per heavy atom. The Morgan fingerprint density at radius 1 is 0.967 bits per heavy atom. The highest BCUT2D eigenvalue weighted by Gasteiger charge is 2.54. The molecule has 1 unspecified atom stereocenters. The molecule has 334 valence electrons. The summed E-state index contributed by atoms with van der Waals surface area (Å²) < 4.78 is 70.2. The summed E-state index contributed by atoms with van der Waals surface area (Å²) in [7, 11) is 3.29. The molecule has 0 aromatic carbocycles. The number of hydrogen-bond acceptors (Lipinski definition) is 9. The van der Waals surface area contributed by atoms with E-state index in [1.807, 2.05) is 30.9 Å². The first kappa shape index (κ1) is 48.4. The lowest BCUT2D eigenvalue weighted by molar-refractivity contribution is -0.870. The van der Waals surface area contributed by atoms with E-state index in [9.17, 15) is 36.9 Å². The van der Waals surface area contributed by atoms with Crippen molar-refractivity contribution in [1.29, 1.82) is 0 Å².